The number of hydrogen-bond acceptors (Lipinski definition) is 4. The van der Waals surface area contributed by atoms with Crippen molar-refractivity contribution in [3.05, 3.63) is 0 Å². The van der Waals surface area contributed by atoms with E-state index < -0.39 is 23.9 Å². The van der Waals surface area contributed by atoms with Gasteiger partial charge in [0.05, 0.1) is 0 Å². The first-order valence-electron chi connectivity index (χ1n) is 6.32. The molecule has 1 rings (SSSR count). The molecule has 8 nitrogen and oxygen atoms in total. The average molecular weight is 272 g/mol. The largest absolute Gasteiger partial charge is 0.480 e. The number of carboxylic acids is 1. The highest BCUT2D eigenvalue weighted by molar-refractivity contribution is 5.83. The van der Waals surface area contributed by atoms with E-state index in [1.54, 1.807) is 5.01 Å². The molecule has 0 aliphatic carbocycles. The molecule has 0 spiro atoms. The zero-order chi connectivity index (χ0) is 14.3. The summed E-state index contributed by atoms with van der Waals surface area (Å²) in [6, 6.07) is -1.68. The topological polar surface area (TPSA) is 125 Å². The van der Waals surface area contributed by atoms with Crippen molar-refractivity contribution in [2.75, 3.05) is 13.1 Å². The average Bonchev–Trinajstić information content (AvgIpc) is 2.35. The molecule has 5 N–H and O–H groups in total. The fourth-order valence-electron chi connectivity index (χ4n) is 1.88. The van der Waals surface area contributed by atoms with Crippen LogP contribution in [0, 0.1) is 0 Å². The Kier molecular flexibility index (Phi) is 6.07. The van der Waals surface area contributed by atoms with Gasteiger partial charge < -0.3 is 16.2 Å². The zero-order valence-electron chi connectivity index (χ0n) is 10.7. The van der Waals surface area contributed by atoms with Crippen molar-refractivity contribution in [1.29, 1.82) is 0 Å². The highest BCUT2D eigenvalue weighted by Crippen LogP contribution is 2.05. The number of nitrogens with one attached hydrogen (secondary N) is 2. The van der Waals surface area contributed by atoms with E-state index in [1.165, 1.54) is 0 Å². The number of hydrogen-bond donors (Lipinski definition) is 4. The highest BCUT2D eigenvalue weighted by Gasteiger charge is 2.21. The molecule has 1 aliphatic heterocycles. The molecule has 0 saturated carbocycles. The van der Waals surface area contributed by atoms with Gasteiger partial charge in [-0.2, -0.15) is 0 Å². The number of urea groups is 1. The first-order valence-corrected chi connectivity index (χ1v) is 6.32. The number of nitrogens with zero attached hydrogens (tertiary/aromatic N) is 1. The van der Waals surface area contributed by atoms with Crippen LogP contribution in [0.4, 0.5) is 4.79 Å². The Hall–Kier alpha value is -1.83. The van der Waals surface area contributed by atoms with Crippen LogP contribution in [0.5, 0.6) is 0 Å². The molecular weight excluding hydrogens is 252 g/mol. The second kappa shape index (κ2) is 7.57. The number of carboxylic acid groups (broad SMARTS) is 1. The van der Waals surface area contributed by atoms with Crippen molar-refractivity contribution in [2.24, 2.45) is 5.73 Å². The van der Waals surface area contributed by atoms with Crippen LogP contribution in [0.2, 0.25) is 0 Å². The van der Waals surface area contributed by atoms with Gasteiger partial charge in [0.2, 0.25) is 5.91 Å². The summed E-state index contributed by atoms with van der Waals surface area (Å²) in [6.45, 7) is 1.51. The maximum atomic E-state index is 11.6. The van der Waals surface area contributed by atoms with Crippen molar-refractivity contribution in [3.8, 4) is 0 Å². The molecule has 0 aromatic carbocycles. The van der Waals surface area contributed by atoms with Gasteiger partial charge in [-0.15, -0.1) is 0 Å². The summed E-state index contributed by atoms with van der Waals surface area (Å²) < 4.78 is 0. The Morgan fingerprint density at radius 1 is 1.21 bits per heavy atom. The lowest BCUT2D eigenvalue weighted by atomic mass is 10.1. The number of aliphatic carboxylic acids is 1. The van der Waals surface area contributed by atoms with Crippen LogP contribution in [0.25, 0.3) is 0 Å². The molecule has 108 valence electrons. The zero-order valence-corrected chi connectivity index (χ0v) is 10.7. The van der Waals surface area contributed by atoms with E-state index in [0.29, 0.717) is 0 Å². The minimum absolute atomic E-state index is 0.0158. The van der Waals surface area contributed by atoms with Gasteiger partial charge in [0.15, 0.2) is 0 Å². The number of piperidine rings is 1. The van der Waals surface area contributed by atoms with Crippen molar-refractivity contribution in [3.63, 3.8) is 0 Å². The third kappa shape index (κ3) is 6.05. The molecule has 19 heavy (non-hydrogen) atoms. The number of carbonyl (C=O) groups excluding carboxylic acids is 2. The molecular formula is C11H20N4O4. The van der Waals surface area contributed by atoms with E-state index in [1.807, 2.05) is 0 Å². The van der Waals surface area contributed by atoms with Crippen molar-refractivity contribution < 1.29 is 19.5 Å². The van der Waals surface area contributed by atoms with Gasteiger partial charge in [0.25, 0.3) is 0 Å². The van der Waals surface area contributed by atoms with E-state index in [-0.39, 0.29) is 12.8 Å². The van der Waals surface area contributed by atoms with Crippen LogP contribution in [0.1, 0.15) is 32.1 Å². The number of hydrazine groups is 1. The molecule has 1 saturated heterocycles. The smallest absolute Gasteiger partial charge is 0.330 e. The Bertz CT molecular complexity index is 342. The predicted octanol–water partition coefficient (Wildman–Crippen LogP) is -0.595. The SMILES string of the molecule is NC(=O)CCC(NC(=O)NN1CCCCC1)C(=O)O. The van der Waals surface area contributed by atoms with Gasteiger partial charge in [0, 0.05) is 19.5 Å². The van der Waals surface area contributed by atoms with Crippen LogP contribution >= 0.6 is 0 Å². The van der Waals surface area contributed by atoms with Crippen LogP contribution < -0.4 is 16.5 Å². The Balaban J connectivity index is 2.37. The summed E-state index contributed by atoms with van der Waals surface area (Å²) in [5.41, 5.74) is 7.55. The number of nitrogens with two attached hydrogens (primary N) is 1. The van der Waals surface area contributed by atoms with Gasteiger partial charge in [-0.1, -0.05) is 6.42 Å². The van der Waals surface area contributed by atoms with Crippen LogP contribution in [-0.2, 0) is 9.59 Å². The fourth-order valence-corrected chi connectivity index (χ4v) is 1.88. The van der Waals surface area contributed by atoms with Gasteiger partial charge in [-0.3, -0.25) is 10.2 Å². The van der Waals surface area contributed by atoms with Crippen molar-refractivity contribution in [1.82, 2.24) is 15.8 Å². The number of primary amides is 1. The molecule has 1 unspecified atom stereocenters. The normalized spacial score (nSPS) is 17.5. The van der Waals surface area contributed by atoms with E-state index in [9.17, 15) is 14.4 Å². The quantitative estimate of drug-likeness (QED) is 0.514. The molecule has 1 heterocycles. The lowest BCUT2D eigenvalue weighted by molar-refractivity contribution is -0.139. The highest BCUT2D eigenvalue weighted by atomic mass is 16.4. The summed E-state index contributed by atoms with van der Waals surface area (Å²) in [7, 11) is 0. The maximum absolute atomic E-state index is 11.6. The summed E-state index contributed by atoms with van der Waals surface area (Å²) in [4.78, 5) is 33.2. The van der Waals surface area contributed by atoms with Gasteiger partial charge in [-0.25, -0.2) is 14.6 Å². The van der Waals surface area contributed by atoms with Crippen LogP contribution in [0.3, 0.4) is 0 Å². The number of carbonyl (C=O) groups is 3. The van der Waals surface area contributed by atoms with Gasteiger partial charge in [0.1, 0.15) is 6.04 Å². The third-order valence-corrected chi connectivity index (χ3v) is 2.90. The second-order valence-corrected chi connectivity index (χ2v) is 4.53. The molecule has 0 aromatic heterocycles. The molecule has 8 heteroatoms. The molecule has 0 aromatic rings. The Morgan fingerprint density at radius 2 is 1.84 bits per heavy atom. The van der Waals surface area contributed by atoms with E-state index in [2.05, 4.69) is 10.7 Å². The standard InChI is InChI=1S/C11H20N4O4/c12-9(16)5-4-8(10(17)18)13-11(19)14-15-6-2-1-3-7-15/h8H,1-7H2,(H2,12,16)(H,17,18)(H2,13,14,19). The van der Waals surface area contributed by atoms with Gasteiger partial charge >= 0.3 is 12.0 Å². The molecule has 1 fully saturated rings. The molecule has 3 amide bonds. The first kappa shape index (κ1) is 15.2. The van der Waals surface area contributed by atoms with Gasteiger partial charge in [-0.05, 0) is 19.3 Å². The van der Waals surface area contributed by atoms with Crippen LogP contribution in [-0.4, -0.2) is 47.2 Å². The van der Waals surface area contributed by atoms with Crippen molar-refractivity contribution in [2.45, 2.75) is 38.1 Å². The predicted molar refractivity (Wildman–Crippen MR) is 66.9 cm³/mol. The monoisotopic (exact) mass is 272 g/mol. The van der Waals surface area contributed by atoms with Crippen LogP contribution in [0.15, 0.2) is 0 Å². The lowest BCUT2D eigenvalue weighted by Gasteiger charge is -2.27. The Morgan fingerprint density at radius 3 is 2.37 bits per heavy atom. The first-order chi connectivity index (χ1) is 8.99. The molecule has 0 bridgehead atoms. The van der Waals surface area contributed by atoms with Crippen molar-refractivity contribution >= 4 is 17.9 Å². The minimum atomic E-state index is -1.19. The molecule has 1 aliphatic rings. The molecule has 0 radical (unpaired) electrons. The Labute approximate surface area is 111 Å². The molecule has 1 atom stereocenters. The summed E-state index contributed by atoms with van der Waals surface area (Å²) >= 11 is 0. The number of rotatable bonds is 6. The minimum Gasteiger partial charge on any atom is -0.480 e. The number of amides is 3. The van der Waals surface area contributed by atoms with E-state index >= 15 is 0 Å². The maximum Gasteiger partial charge on any atom is 0.330 e. The third-order valence-electron chi connectivity index (χ3n) is 2.90. The summed E-state index contributed by atoms with van der Waals surface area (Å²) in [5.74, 6) is -1.78. The summed E-state index contributed by atoms with van der Waals surface area (Å²) in [6.07, 6.45) is 3.05. The van der Waals surface area contributed by atoms with E-state index in [0.717, 1.165) is 32.4 Å². The second-order valence-electron chi connectivity index (χ2n) is 4.53. The fraction of sp³-hybridized carbons (Fsp3) is 0.727. The summed E-state index contributed by atoms with van der Waals surface area (Å²) in [5, 5.41) is 13.0. The van der Waals surface area contributed by atoms with E-state index in [4.69, 9.17) is 10.8 Å². The lowest BCUT2D eigenvalue weighted by Crippen LogP contribution is -2.53.